The molecule has 104 valence electrons. The van der Waals surface area contributed by atoms with Gasteiger partial charge < -0.3 is 4.90 Å². The van der Waals surface area contributed by atoms with Crippen LogP contribution in [0.5, 0.6) is 0 Å². The van der Waals surface area contributed by atoms with Gasteiger partial charge in [-0.3, -0.25) is 9.69 Å². The maximum Gasteiger partial charge on any atom is 0.240 e. The van der Waals surface area contributed by atoms with Crippen LogP contribution in [0, 0.1) is 0 Å². The number of benzene rings is 1. The second-order valence-electron chi connectivity index (χ2n) is 5.32. The first-order chi connectivity index (χ1) is 9.22. The van der Waals surface area contributed by atoms with Gasteiger partial charge in [-0.25, -0.2) is 0 Å². The van der Waals surface area contributed by atoms with Gasteiger partial charge in [-0.15, -0.1) is 0 Å². The van der Waals surface area contributed by atoms with E-state index in [9.17, 15) is 4.79 Å². The lowest BCUT2D eigenvalue weighted by Crippen LogP contribution is -2.45. The molecular weight excluding hydrogens is 236 g/mol. The maximum absolute atomic E-state index is 12.4. The van der Waals surface area contributed by atoms with Gasteiger partial charge in [0.2, 0.25) is 5.91 Å². The Morgan fingerprint density at radius 3 is 2.74 bits per heavy atom. The zero-order chi connectivity index (χ0) is 13.7. The van der Waals surface area contributed by atoms with Crippen LogP contribution in [0.3, 0.4) is 0 Å². The van der Waals surface area contributed by atoms with Crippen LogP contribution in [0.1, 0.15) is 32.6 Å². The number of carbonyl (C=O) groups excluding carboxylic acids is 1. The van der Waals surface area contributed by atoms with Crippen LogP contribution in [0.25, 0.3) is 0 Å². The van der Waals surface area contributed by atoms with Gasteiger partial charge in [-0.1, -0.05) is 31.5 Å². The van der Waals surface area contributed by atoms with E-state index in [1.54, 1.807) is 4.90 Å². The molecule has 0 saturated carbocycles. The number of rotatable bonds is 4. The van der Waals surface area contributed by atoms with Crippen LogP contribution < -0.4 is 4.90 Å². The summed E-state index contributed by atoms with van der Waals surface area (Å²) in [6.45, 7) is 3.82. The Bertz CT molecular complexity index is 404. The molecule has 1 aromatic rings. The van der Waals surface area contributed by atoms with Crippen LogP contribution >= 0.6 is 0 Å². The number of likely N-dealkylation sites (N-methyl/N-ethyl adjacent to an activating group) is 1. The Hall–Kier alpha value is -1.35. The topological polar surface area (TPSA) is 23.6 Å². The minimum Gasteiger partial charge on any atom is -0.314 e. The van der Waals surface area contributed by atoms with Crippen molar-refractivity contribution in [2.24, 2.45) is 0 Å². The third-order valence-corrected chi connectivity index (χ3v) is 4.08. The fraction of sp³-hybridized carbons (Fsp3) is 0.562. The van der Waals surface area contributed by atoms with Crippen molar-refractivity contribution in [1.29, 1.82) is 0 Å². The van der Waals surface area contributed by atoms with Crippen LogP contribution in [0.15, 0.2) is 30.3 Å². The molecule has 1 heterocycles. The number of piperidine rings is 1. The number of carbonyl (C=O) groups is 1. The van der Waals surface area contributed by atoms with E-state index in [-0.39, 0.29) is 5.91 Å². The van der Waals surface area contributed by atoms with E-state index in [4.69, 9.17) is 0 Å². The molecule has 1 saturated heterocycles. The molecule has 1 aliphatic rings. The lowest BCUT2D eigenvalue weighted by atomic mass is 10.00. The SMILES string of the molecule is CCC1CCCCN1CC(=O)N(C)c1ccccc1. The smallest absolute Gasteiger partial charge is 0.240 e. The van der Waals surface area contributed by atoms with Crippen molar-refractivity contribution in [3.63, 3.8) is 0 Å². The summed E-state index contributed by atoms with van der Waals surface area (Å²) in [6, 6.07) is 10.4. The summed E-state index contributed by atoms with van der Waals surface area (Å²) in [5, 5.41) is 0. The normalized spacial score (nSPS) is 20.2. The molecule has 3 heteroatoms. The van der Waals surface area contributed by atoms with Crippen molar-refractivity contribution < 1.29 is 4.79 Å². The molecular formula is C16H24N2O. The molecule has 1 fully saturated rings. The van der Waals surface area contributed by atoms with Gasteiger partial charge >= 0.3 is 0 Å². The van der Waals surface area contributed by atoms with E-state index in [1.807, 2.05) is 37.4 Å². The van der Waals surface area contributed by atoms with Crippen LogP contribution in [-0.2, 0) is 4.79 Å². The summed E-state index contributed by atoms with van der Waals surface area (Å²) in [5.41, 5.74) is 0.970. The number of hydrogen-bond acceptors (Lipinski definition) is 2. The Morgan fingerprint density at radius 1 is 1.32 bits per heavy atom. The zero-order valence-electron chi connectivity index (χ0n) is 12.0. The number of anilines is 1. The Morgan fingerprint density at radius 2 is 2.05 bits per heavy atom. The first-order valence-electron chi connectivity index (χ1n) is 7.28. The van der Waals surface area contributed by atoms with E-state index in [1.165, 1.54) is 19.3 Å². The quantitative estimate of drug-likeness (QED) is 0.831. The highest BCUT2D eigenvalue weighted by Gasteiger charge is 2.24. The van der Waals surface area contributed by atoms with Gasteiger partial charge in [0.15, 0.2) is 0 Å². The summed E-state index contributed by atoms with van der Waals surface area (Å²) < 4.78 is 0. The summed E-state index contributed by atoms with van der Waals surface area (Å²) in [6.07, 6.45) is 4.90. The molecule has 1 aliphatic heterocycles. The molecule has 19 heavy (non-hydrogen) atoms. The molecule has 2 rings (SSSR count). The number of amides is 1. The lowest BCUT2D eigenvalue weighted by molar-refractivity contribution is -0.120. The number of para-hydroxylation sites is 1. The first kappa shape index (κ1) is 14.1. The molecule has 0 N–H and O–H groups in total. The molecule has 0 radical (unpaired) electrons. The zero-order valence-corrected chi connectivity index (χ0v) is 12.0. The summed E-state index contributed by atoms with van der Waals surface area (Å²) >= 11 is 0. The van der Waals surface area contributed by atoms with Crippen molar-refractivity contribution >= 4 is 11.6 Å². The molecule has 1 amide bonds. The van der Waals surface area contributed by atoms with Gasteiger partial charge in [0.1, 0.15) is 0 Å². The minimum atomic E-state index is 0.187. The van der Waals surface area contributed by atoms with E-state index in [2.05, 4.69) is 11.8 Å². The van der Waals surface area contributed by atoms with Gasteiger partial charge in [0.05, 0.1) is 6.54 Å². The number of hydrogen-bond donors (Lipinski definition) is 0. The van der Waals surface area contributed by atoms with Crippen molar-refractivity contribution in [3.8, 4) is 0 Å². The molecule has 1 aromatic carbocycles. The second kappa shape index (κ2) is 6.71. The van der Waals surface area contributed by atoms with Gasteiger partial charge in [-0.2, -0.15) is 0 Å². The molecule has 1 unspecified atom stereocenters. The highest BCUT2D eigenvalue weighted by Crippen LogP contribution is 2.20. The number of likely N-dealkylation sites (tertiary alicyclic amines) is 1. The molecule has 0 aromatic heterocycles. The maximum atomic E-state index is 12.4. The van der Waals surface area contributed by atoms with Gasteiger partial charge in [0.25, 0.3) is 0 Å². The molecule has 0 bridgehead atoms. The highest BCUT2D eigenvalue weighted by atomic mass is 16.2. The Labute approximate surface area is 116 Å². The van der Waals surface area contributed by atoms with Gasteiger partial charge in [0, 0.05) is 18.8 Å². The molecule has 3 nitrogen and oxygen atoms in total. The van der Waals surface area contributed by atoms with Crippen molar-refractivity contribution in [2.75, 3.05) is 25.0 Å². The molecule has 0 aliphatic carbocycles. The van der Waals surface area contributed by atoms with Gasteiger partial charge in [-0.05, 0) is 37.9 Å². The fourth-order valence-electron chi connectivity index (χ4n) is 2.81. The summed E-state index contributed by atoms with van der Waals surface area (Å²) in [4.78, 5) is 16.5. The predicted octanol–water partition coefficient (Wildman–Crippen LogP) is 2.91. The first-order valence-corrected chi connectivity index (χ1v) is 7.28. The predicted molar refractivity (Wildman–Crippen MR) is 79.4 cm³/mol. The second-order valence-corrected chi connectivity index (χ2v) is 5.32. The summed E-state index contributed by atoms with van der Waals surface area (Å²) in [7, 11) is 1.86. The van der Waals surface area contributed by atoms with Crippen LogP contribution in [-0.4, -0.2) is 37.0 Å². The minimum absolute atomic E-state index is 0.187. The average molecular weight is 260 g/mol. The van der Waals surface area contributed by atoms with E-state index in [0.717, 1.165) is 18.7 Å². The van der Waals surface area contributed by atoms with E-state index < -0.39 is 0 Å². The number of nitrogens with zero attached hydrogens (tertiary/aromatic N) is 2. The molecule has 1 atom stereocenters. The summed E-state index contributed by atoms with van der Waals surface area (Å²) in [5.74, 6) is 0.187. The third-order valence-electron chi connectivity index (χ3n) is 4.08. The van der Waals surface area contributed by atoms with Crippen molar-refractivity contribution in [2.45, 2.75) is 38.6 Å². The third kappa shape index (κ3) is 3.57. The monoisotopic (exact) mass is 260 g/mol. The largest absolute Gasteiger partial charge is 0.314 e. The van der Waals surface area contributed by atoms with E-state index >= 15 is 0 Å². The Kier molecular flexibility index (Phi) is 4.97. The van der Waals surface area contributed by atoms with Crippen molar-refractivity contribution in [1.82, 2.24) is 4.90 Å². The van der Waals surface area contributed by atoms with Crippen LogP contribution in [0.4, 0.5) is 5.69 Å². The highest BCUT2D eigenvalue weighted by molar-refractivity contribution is 5.94. The van der Waals surface area contributed by atoms with E-state index in [0.29, 0.717) is 12.6 Å². The Balaban J connectivity index is 1.96. The lowest BCUT2D eigenvalue weighted by Gasteiger charge is -2.35. The van der Waals surface area contributed by atoms with Crippen LogP contribution in [0.2, 0.25) is 0 Å². The standard InChI is InChI=1S/C16H24N2O/c1-3-14-9-7-8-12-18(14)13-16(19)17(2)15-10-5-4-6-11-15/h4-6,10-11,14H,3,7-9,12-13H2,1-2H3. The van der Waals surface area contributed by atoms with Crippen molar-refractivity contribution in [3.05, 3.63) is 30.3 Å². The average Bonchev–Trinajstić information content (AvgIpc) is 2.48. The molecule has 0 spiro atoms. The fourth-order valence-corrected chi connectivity index (χ4v) is 2.81.